The standard InChI is InChI=1S/C39H50N10O4/c1-39(2,3)53-38(52)42-23-26-8-10-28(11-9-26)34(50)22-31(36(51)43-33-14-12-29(13-15-33)35-44-46-47-45-35)21-27-6-5-7-30(20-27)32-24-40-37(41-25-32)49-18-16-48(4)17-19-49/h5-7,12-15,20,24-26,28,31H,8-11,16-19,21-23H2,1-4H3,(H,42,52)(H,43,51)(H,44,45,46,47)/t26?,28?,31-/m1/s1. The number of ketones is 1. The maximum Gasteiger partial charge on any atom is 0.407 e. The first-order chi connectivity index (χ1) is 25.5. The third kappa shape index (κ3) is 10.7. The summed E-state index contributed by atoms with van der Waals surface area (Å²) in [5.41, 5.74) is 3.61. The number of tetrazole rings is 1. The number of alkyl carbamates (subject to hydrolysis) is 1. The van der Waals surface area contributed by atoms with Gasteiger partial charge in [0.05, 0.1) is 0 Å². The molecule has 4 aromatic rings. The summed E-state index contributed by atoms with van der Waals surface area (Å²) in [6, 6.07) is 15.3. The topological polar surface area (TPSA) is 171 Å². The molecule has 2 amide bonds. The number of benzene rings is 2. The van der Waals surface area contributed by atoms with E-state index >= 15 is 0 Å². The van der Waals surface area contributed by atoms with Gasteiger partial charge in [0, 0.05) is 80.2 Å². The number of piperazine rings is 1. The van der Waals surface area contributed by atoms with Crippen molar-refractivity contribution in [3.63, 3.8) is 0 Å². The van der Waals surface area contributed by atoms with Crippen molar-refractivity contribution in [2.45, 2.75) is 64.9 Å². The van der Waals surface area contributed by atoms with Crippen molar-refractivity contribution in [3.8, 4) is 22.5 Å². The Morgan fingerprint density at radius 3 is 2.30 bits per heavy atom. The van der Waals surface area contributed by atoms with Gasteiger partial charge in [-0.2, -0.15) is 5.21 Å². The number of amides is 2. The van der Waals surface area contributed by atoms with Gasteiger partial charge in [-0.1, -0.05) is 24.3 Å². The Morgan fingerprint density at radius 2 is 1.64 bits per heavy atom. The van der Waals surface area contributed by atoms with Crippen LogP contribution in [0.25, 0.3) is 22.5 Å². The van der Waals surface area contributed by atoms with Crippen LogP contribution >= 0.6 is 0 Å². The van der Waals surface area contributed by atoms with E-state index in [9.17, 15) is 14.4 Å². The molecule has 53 heavy (non-hydrogen) atoms. The molecule has 6 rings (SSSR count). The average Bonchev–Trinajstić information content (AvgIpc) is 3.69. The quantitative estimate of drug-likeness (QED) is 0.176. The molecule has 2 fully saturated rings. The maximum atomic E-state index is 13.9. The molecule has 3 heterocycles. The number of likely N-dealkylation sites (N-methyl/N-ethyl adjacent to an activating group) is 1. The minimum atomic E-state index is -0.586. The van der Waals surface area contributed by atoms with Gasteiger partial charge in [0.25, 0.3) is 0 Å². The average molecular weight is 723 g/mol. The summed E-state index contributed by atoms with van der Waals surface area (Å²) in [7, 11) is 2.12. The van der Waals surface area contributed by atoms with Crippen LogP contribution in [0.15, 0.2) is 60.9 Å². The van der Waals surface area contributed by atoms with Gasteiger partial charge in [-0.05, 0) is 106 Å². The van der Waals surface area contributed by atoms with Crippen LogP contribution in [0.2, 0.25) is 0 Å². The number of ether oxygens (including phenoxy) is 1. The first-order valence-electron chi connectivity index (χ1n) is 18.5. The van der Waals surface area contributed by atoms with E-state index in [-0.39, 0.29) is 29.9 Å². The fourth-order valence-electron chi connectivity index (χ4n) is 6.93. The summed E-state index contributed by atoms with van der Waals surface area (Å²) in [6.07, 6.45) is 6.91. The highest BCUT2D eigenvalue weighted by atomic mass is 16.6. The number of H-pyrrole nitrogens is 1. The second-order valence-corrected chi connectivity index (χ2v) is 15.2. The zero-order chi connectivity index (χ0) is 37.4. The Balaban J connectivity index is 1.12. The normalized spacial score (nSPS) is 18.6. The first kappa shape index (κ1) is 37.5. The molecule has 1 saturated carbocycles. The van der Waals surface area contributed by atoms with Gasteiger partial charge in [0.15, 0.2) is 0 Å². The van der Waals surface area contributed by atoms with E-state index in [2.05, 4.69) is 64.1 Å². The second kappa shape index (κ2) is 17.1. The Morgan fingerprint density at radius 1 is 0.925 bits per heavy atom. The molecule has 3 N–H and O–H groups in total. The molecule has 2 aromatic carbocycles. The lowest BCUT2D eigenvalue weighted by Gasteiger charge is -2.32. The van der Waals surface area contributed by atoms with Crippen LogP contribution in [0.5, 0.6) is 0 Å². The second-order valence-electron chi connectivity index (χ2n) is 15.2. The molecular formula is C39H50N10O4. The van der Waals surface area contributed by atoms with Crippen molar-refractivity contribution < 1.29 is 19.1 Å². The lowest BCUT2D eigenvalue weighted by molar-refractivity contribution is -0.129. The van der Waals surface area contributed by atoms with Crippen molar-refractivity contribution >= 4 is 29.4 Å². The van der Waals surface area contributed by atoms with E-state index in [4.69, 9.17) is 4.74 Å². The van der Waals surface area contributed by atoms with Gasteiger partial charge in [0.2, 0.25) is 17.7 Å². The third-order valence-electron chi connectivity index (χ3n) is 9.98. The summed E-state index contributed by atoms with van der Waals surface area (Å²) in [5, 5.41) is 20.0. The zero-order valence-electron chi connectivity index (χ0n) is 31.0. The van der Waals surface area contributed by atoms with Gasteiger partial charge in [0.1, 0.15) is 11.4 Å². The number of aromatic nitrogens is 6. The van der Waals surface area contributed by atoms with Crippen molar-refractivity contribution in [2.75, 3.05) is 50.0 Å². The number of carbonyl (C=O) groups is 3. The van der Waals surface area contributed by atoms with Crippen molar-refractivity contribution in [1.29, 1.82) is 0 Å². The van der Waals surface area contributed by atoms with Crippen LogP contribution in [0, 0.1) is 17.8 Å². The number of nitrogens with one attached hydrogen (secondary N) is 3. The molecule has 0 radical (unpaired) electrons. The minimum Gasteiger partial charge on any atom is -0.444 e. The van der Waals surface area contributed by atoms with Gasteiger partial charge >= 0.3 is 6.09 Å². The highest BCUT2D eigenvalue weighted by molar-refractivity contribution is 5.96. The predicted molar refractivity (Wildman–Crippen MR) is 202 cm³/mol. The number of nitrogens with zero attached hydrogens (tertiary/aromatic N) is 7. The molecule has 0 bridgehead atoms. The van der Waals surface area contributed by atoms with E-state index in [1.807, 2.05) is 63.5 Å². The molecular weight excluding hydrogens is 672 g/mol. The highest BCUT2D eigenvalue weighted by Crippen LogP contribution is 2.32. The number of Topliss-reactive ketones (excluding diaryl/α,β-unsaturated/α-hetero) is 1. The molecule has 14 heteroatoms. The predicted octanol–water partition coefficient (Wildman–Crippen LogP) is 5.16. The molecule has 280 valence electrons. The fourth-order valence-corrected chi connectivity index (χ4v) is 6.93. The highest BCUT2D eigenvalue weighted by Gasteiger charge is 2.31. The van der Waals surface area contributed by atoms with Crippen LogP contribution in [0.3, 0.4) is 0 Å². The van der Waals surface area contributed by atoms with E-state index in [1.165, 1.54) is 0 Å². The molecule has 1 aliphatic heterocycles. The molecule has 2 aromatic heterocycles. The minimum absolute atomic E-state index is 0.0974. The van der Waals surface area contributed by atoms with Gasteiger partial charge in [-0.25, -0.2) is 14.8 Å². The Kier molecular flexibility index (Phi) is 12.1. The maximum absolute atomic E-state index is 13.9. The van der Waals surface area contributed by atoms with E-state index < -0.39 is 17.6 Å². The summed E-state index contributed by atoms with van der Waals surface area (Å²) < 4.78 is 5.37. The Labute approximate surface area is 310 Å². The van der Waals surface area contributed by atoms with Gasteiger partial charge < -0.3 is 25.2 Å². The molecule has 0 spiro atoms. The monoisotopic (exact) mass is 722 g/mol. The van der Waals surface area contributed by atoms with Crippen LogP contribution in [-0.2, 0) is 20.7 Å². The van der Waals surface area contributed by atoms with Crippen LogP contribution in [0.1, 0.15) is 58.4 Å². The smallest absolute Gasteiger partial charge is 0.407 e. The van der Waals surface area contributed by atoms with E-state index in [0.717, 1.165) is 80.1 Å². The molecule has 0 unspecified atom stereocenters. The largest absolute Gasteiger partial charge is 0.444 e. The number of hydrogen-bond donors (Lipinski definition) is 3. The molecule has 1 aliphatic carbocycles. The van der Waals surface area contributed by atoms with E-state index in [0.29, 0.717) is 24.5 Å². The number of anilines is 2. The summed E-state index contributed by atoms with van der Waals surface area (Å²) in [4.78, 5) is 53.7. The molecule has 1 atom stereocenters. The number of hydrogen-bond acceptors (Lipinski definition) is 11. The first-order valence-corrected chi connectivity index (χ1v) is 18.5. The fraction of sp³-hybridized carbons (Fsp3) is 0.487. The Hall–Kier alpha value is -5.24. The zero-order valence-corrected chi connectivity index (χ0v) is 31.0. The third-order valence-corrected chi connectivity index (χ3v) is 9.98. The lowest BCUT2D eigenvalue weighted by Crippen LogP contribution is -2.45. The SMILES string of the molecule is CN1CCN(c2ncc(-c3cccc(C[C@H](CC(=O)C4CCC(CNC(=O)OC(C)(C)C)CC4)C(=O)Nc4ccc(-c5nn[nH]n5)cc4)c3)cn2)CC1. The summed E-state index contributed by atoms with van der Waals surface area (Å²) in [6.45, 7) is 9.77. The van der Waals surface area contributed by atoms with Crippen molar-refractivity contribution in [3.05, 3.63) is 66.5 Å². The van der Waals surface area contributed by atoms with Crippen LogP contribution in [-0.4, -0.2) is 98.6 Å². The van der Waals surface area contributed by atoms with Crippen molar-refractivity contribution in [1.82, 2.24) is 40.8 Å². The molecule has 1 saturated heterocycles. The molecule has 14 nitrogen and oxygen atoms in total. The molecule has 2 aliphatic rings. The number of carbonyl (C=O) groups excluding carboxylic acids is 3. The summed E-state index contributed by atoms with van der Waals surface area (Å²) >= 11 is 0. The lowest BCUT2D eigenvalue weighted by atomic mass is 9.77. The Bertz CT molecular complexity index is 1810. The van der Waals surface area contributed by atoms with Crippen LogP contribution in [0.4, 0.5) is 16.4 Å². The van der Waals surface area contributed by atoms with Gasteiger partial charge in [-0.3, -0.25) is 9.59 Å². The summed E-state index contributed by atoms with van der Waals surface area (Å²) in [5.74, 6) is 0.638. The van der Waals surface area contributed by atoms with Gasteiger partial charge in [-0.15, -0.1) is 10.2 Å². The van der Waals surface area contributed by atoms with Crippen LogP contribution < -0.4 is 15.5 Å². The van der Waals surface area contributed by atoms with Crippen molar-refractivity contribution in [2.24, 2.45) is 17.8 Å². The number of rotatable bonds is 12. The van der Waals surface area contributed by atoms with E-state index in [1.54, 1.807) is 12.1 Å². The number of aromatic amines is 1.